The third-order valence-electron chi connectivity index (χ3n) is 3.88. The highest BCUT2D eigenvalue weighted by Gasteiger charge is 2.40. The summed E-state index contributed by atoms with van der Waals surface area (Å²) >= 11 is 0. The number of benzene rings is 1. The molecule has 0 aliphatic heterocycles. The first kappa shape index (κ1) is 15.7. The van der Waals surface area contributed by atoms with Crippen molar-refractivity contribution in [2.24, 2.45) is 0 Å². The third-order valence-corrected chi connectivity index (χ3v) is 5.93. The molecule has 0 atom stereocenters. The lowest BCUT2D eigenvalue weighted by Gasteiger charge is -2.21. The number of nitrogens with zero attached hydrogens (tertiary/aromatic N) is 2. The van der Waals surface area contributed by atoms with E-state index in [4.69, 9.17) is 4.42 Å². The van der Waals surface area contributed by atoms with Crippen LogP contribution in [-0.2, 0) is 16.6 Å². The second-order valence-electron chi connectivity index (χ2n) is 5.52. The first-order valence-electron chi connectivity index (χ1n) is 7.19. The van der Waals surface area contributed by atoms with Crippen LogP contribution in [0, 0.1) is 17.0 Å². The highest BCUT2D eigenvalue weighted by Crippen LogP contribution is 2.35. The highest BCUT2D eigenvalue weighted by atomic mass is 32.2. The van der Waals surface area contributed by atoms with E-state index < -0.39 is 14.9 Å². The SMILES string of the molecule is Cc1c([N+](=O)[O-])cccc1S(=O)(=O)N(Cc1ccco1)C1CC1. The lowest BCUT2D eigenvalue weighted by atomic mass is 10.2. The lowest BCUT2D eigenvalue weighted by molar-refractivity contribution is -0.385. The Hall–Kier alpha value is -2.19. The van der Waals surface area contributed by atoms with Crippen molar-refractivity contribution in [1.82, 2.24) is 4.31 Å². The molecule has 122 valence electrons. The zero-order valence-corrected chi connectivity index (χ0v) is 13.3. The molecule has 0 saturated heterocycles. The Morgan fingerprint density at radius 3 is 2.61 bits per heavy atom. The van der Waals surface area contributed by atoms with Crippen LogP contribution in [0.5, 0.6) is 0 Å². The summed E-state index contributed by atoms with van der Waals surface area (Å²) in [5, 5.41) is 11.1. The summed E-state index contributed by atoms with van der Waals surface area (Å²) in [5.74, 6) is 0.545. The number of nitro benzene ring substituents is 1. The van der Waals surface area contributed by atoms with Gasteiger partial charge in [0.2, 0.25) is 10.0 Å². The zero-order valence-electron chi connectivity index (χ0n) is 12.5. The molecule has 7 nitrogen and oxygen atoms in total. The van der Waals surface area contributed by atoms with Gasteiger partial charge in [0.25, 0.3) is 5.69 Å². The van der Waals surface area contributed by atoms with Crippen LogP contribution in [0.2, 0.25) is 0 Å². The fourth-order valence-electron chi connectivity index (χ4n) is 2.54. The van der Waals surface area contributed by atoms with E-state index in [-0.39, 0.29) is 28.7 Å². The molecule has 1 aromatic heterocycles. The number of hydrogen-bond donors (Lipinski definition) is 0. The third kappa shape index (κ3) is 2.99. The summed E-state index contributed by atoms with van der Waals surface area (Å²) in [5.41, 5.74) is -0.0394. The van der Waals surface area contributed by atoms with Crippen LogP contribution < -0.4 is 0 Å². The molecule has 0 unspecified atom stereocenters. The first-order chi connectivity index (χ1) is 10.9. The smallest absolute Gasteiger partial charge is 0.273 e. The van der Waals surface area contributed by atoms with Crippen molar-refractivity contribution >= 4 is 15.7 Å². The molecule has 1 aliphatic rings. The predicted octanol–water partition coefficient (Wildman–Crippen LogP) is 2.85. The van der Waals surface area contributed by atoms with Gasteiger partial charge in [0.15, 0.2) is 0 Å². The van der Waals surface area contributed by atoms with Gasteiger partial charge in [-0.25, -0.2) is 8.42 Å². The molecule has 1 saturated carbocycles. The average molecular weight is 336 g/mol. The normalized spacial score (nSPS) is 15.0. The number of nitro groups is 1. The van der Waals surface area contributed by atoms with Gasteiger partial charge >= 0.3 is 0 Å². The van der Waals surface area contributed by atoms with Crippen molar-refractivity contribution in [3.8, 4) is 0 Å². The van der Waals surface area contributed by atoms with Crippen LogP contribution in [0.1, 0.15) is 24.2 Å². The van der Waals surface area contributed by atoms with Gasteiger partial charge in [0.05, 0.1) is 22.6 Å². The molecule has 0 bridgehead atoms. The zero-order chi connectivity index (χ0) is 16.6. The van der Waals surface area contributed by atoms with Gasteiger partial charge in [0, 0.05) is 17.7 Å². The fourth-order valence-corrected chi connectivity index (χ4v) is 4.43. The van der Waals surface area contributed by atoms with Crippen molar-refractivity contribution in [3.05, 3.63) is 58.0 Å². The number of sulfonamides is 1. The molecular weight excluding hydrogens is 320 g/mol. The van der Waals surface area contributed by atoms with E-state index in [0.717, 1.165) is 12.8 Å². The highest BCUT2D eigenvalue weighted by molar-refractivity contribution is 7.89. The monoisotopic (exact) mass is 336 g/mol. The Labute approximate surface area is 133 Å². The summed E-state index contributed by atoms with van der Waals surface area (Å²) in [7, 11) is -3.83. The van der Waals surface area contributed by atoms with Crippen molar-refractivity contribution in [3.63, 3.8) is 0 Å². The van der Waals surface area contributed by atoms with Crippen LogP contribution >= 0.6 is 0 Å². The Balaban J connectivity index is 2.02. The largest absolute Gasteiger partial charge is 0.468 e. The van der Waals surface area contributed by atoms with Crippen LogP contribution in [0.15, 0.2) is 45.9 Å². The quantitative estimate of drug-likeness (QED) is 0.597. The number of furan rings is 1. The molecule has 1 aromatic carbocycles. The maximum Gasteiger partial charge on any atom is 0.273 e. The summed E-state index contributed by atoms with van der Waals surface area (Å²) in [6.07, 6.45) is 3.06. The molecule has 0 amide bonds. The Morgan fingerprint density at radius 1 is 1.30 bits per heavy atom. The van der Waals surface area contributed by atoms with Crippen molar-refractivity contribution in [1.29, 1.82) is 0 Å². The van der Waals surface area contributed by atoms with Gasteiger partial charge in [-0.3, -0.25) is 10.1 Å². The maximum atomic E-state index is 13.0. The van der Waals surface area contributed by atoms with E-state index >= 15 is 0 Å². The number of hydrogen-bond acceptors (Lipinski definition) is 5. The minimum absolute atomic E-state index is 0.0230. The molecular formula is C15H16N2O5S. The van der Waals surface area contributed by atoms with E-state index in [1.807, 2.05) is 0 Å². The van der Waals surface area contributed by atoms with Crippen molar-refractivity contribution in [2.45, 2.75) is 37.2 Å². The summed E-state index contributed by atoms with van der Waals surface area (Å²) in [6, 6.07) is 7.45. The van der Waals surface area contributed by atoms with Crippen molar-refractivity contribution in [2.75, 3.05) is 0 Å². The summed E-state index contributed by atoms with van der Waals surface area (Å²) < 4.78 is 32.6. The minimum Gasteiger partial charge on any atom is -0.468 e. The van der Waals surface area contributed by atoms with Gasteiger partial charge in [-0.05, 0) is 38.0 Å². The second-order valence-corrected chi connectivity index (χ2v) is 7.38. The number of rotatable bonds is 6. The van der Waals surface area contributed by atoms with Crippen LogP contribution in [0.4, 0.5) is 5.69 Å². The molecule has 0 N–H and O–H groups in total. The lowest BCUT2D eigenvalue weighted by Crippen LogP contribution is -2.33. The molecule has 0 radical (unpaired) electrons. The molecule has 1 heterocycles. The van der Waals surface area contributed by atoms with Crippen molar-refractivity contribution < 1.29 is 17.8 Å². The van der Waals surface area contributed by atoms with Crippen LogP contribution in [0.3, 0.4) is 0 Å². The standard InChI is InChI=1S/C15H16N2O5S/c1-11-14(17(18)19)5-2-6-15(11)23(20,21)16(12-7-8-12)10-13-4-3-9-22-13/h2-6,9,12H,7-8,10H2,1H3. The van der Waals surface area contributed by atoms with Gasteiger partial charge in [0.1, 0.15) is 5.76 Å². The van der Waals surface area contributed by atoms with E-state index in [1.165, 1.54) is 35.7 Å². The Bertz CT molecular complexity index is 826. The molecule has 8 heteroatoms. The van der Waals surface area contributed by atoms with Gasteiger partial charge in [-0.15, -0.1) is 0 Å². The summed E-state index contributed by atoms with van der Waals surface area (Å²) in [6.45, 7) is 1.59. The first-order valence-corrected chi connectivity index (χ1v) is 8.63. The molecule has 0 spiro atoms. The maximum absolute atomic E-state index is 13.0. The van der Waals surface area contributed by atoms with Gasteiger partial charge < -0.3 is 4.42 Å². The fraction of sp³-hybridized carbons (Fsp3) is 0.333. The molecule has 1 aliphatic carbocycles. The molecule has 23 heavy (non-hydrogen) atoms. The van der Waals surface area contributed by atoms with E-state index in [1.54, 1.807) is 12.1 Å². The summed E-state index contributed by atoms with van der Waals surface area (Å²) in [4.78, 5) is 10.5. The Morgan fingerprint density at radius 2 is 2.04 bits per heavy atom. The van der Waals surface area contributed by atoms with Gasteiger partial charge in [-0.1, -0.05) is 6.07 Å². The van der Waals surface area contributed by atoms with Gasteiger partial charge in [-0.2, -0.15) is 4.31 Å². The minimum atomic E-state index is -3.83. The van der Waals surface area contributed by atoms with Crippen LogP contribution in [-0.4, -0.2) is 23.7 Å². The van der Waals surface area contributed by atoms with E-state index in [9.17, 15) is 18.5 Å². The molecule has 1 fully saturated rings. The van der Waals surface area contributed by atoms with Crippen LogP contribution in [0.25, 0.3) is 0 Å². The van der Waals surface area contributed by atoms with E-state index in [2.05, 4.69) is 0 Å². The topological polar surface area (TPSA) is 93.7 Å². The molecule has 2 aromatic rings. The Kier molecular flexibility index (Phi) is 3.95. The van der Waals surface area contributed by atoms with E-state index in [0.29, 0.717) is 5.76 Å². The predicted molar refractivity (Wildman–Crippen MR) is 82.3 cm³/mol. The second kappa shape index (κ2) is 5.78. The molecule has 3 rings (SSSR count). The average Bonchev–Trinajstić information content (AvgIpc) is 3.20.